The molecule has 0 aromatic carbocycles. The molecule has 0 saturated carbocycles. The van der Waals surface area contributed by atoms with Crippen LogP contribution in [0, 0.1) is 0 Å². The van der Waals surface area contributed by atoms with Crippen LogP contribution in [0.15, 0.2) is 11.6 Å². The van der Waals surface area contributed by atoms with E-state index in [9.17, 15) is 14.4 Å². The van der Waals surface area contributed by atoms with Crippen LogP contribution in [0.4, 0.5) is 0 Å². The normalized spacial score (nSPS) is 13.3. The summed E-state index contributed by atoms with van der Waals surface area (Å²) in [5.41, 5.74) is -0.733. The van der Waals surface area contributed by atoms with E-state index in [1.54, 1.807) is 0 Å². The summed E-state index contributed by atoms with van der Waals surface area (Å²) in [5, 5.41) is 34.0. The fourth-order valence-corrected chi connectivity index (χ4v) is 0.800. The Hall–Kier alpha value is -1.89. The minimum atomic E-state index is -2.14. The van der Waals surface area contributed by atoms with E-state index >= 15 is 0 Å². The second-order valence-corrected chi connectivity index (χ2v) is 2.64. The quantitative estimate of drug-likeness (QED) is 0.433. The highest BCUT2D eigenvalue weighted by molar-refractivity contribution is 5.95. The van der Waals surface area contributed by atoms with Crippen LogP contribution in [-0.2, 0) is 14.4 Å². The molecule has 0 aliphatic rings. The van der Waals surface area contributed by atoms with Crippen LogP contribution in [-0.4, -0.2) is 44.4 Å². The van der Waals surface area contributed by atoms with Gasteiger partial charge in [0.15, 0.2) is 6.10 Å². The van der Waals surface area contributed by atoms with E-state index in [0.717, 1.165) is 6.08 Å². The second-order valence-electron chi connectivity index (χ2n) is 2.64. The molecule has 0 aromatic rings. The van der Waals surface area contributed by atoms with Gasteiger partial charge in [-0.1, -0.05) is 6.08 Å². The smallest absolute Gasteiger partial charge is 0.337 e. The number of hydrogen-bond donors (Lipinski definition) is 4. The summed E-state index contributed by atoms with van der Waals surface area (Å²) in [6.45, 7) is 0. The third-order valence-corrected chi connectivity index (χ3v) is 1.50. The molecule has 7 heteroatoms. The Labute approximate surface area is 84.3 Å². The minimum Gasteiger partial charge on any atom is -0.481 e. The lowest BCUT2D eigenvalue weighted by Crippen LogP contribution is -2.26. The predicted molar refractivity (Wildman–Crippen MR) is 46.2 cm³/mol. The van der Waals surface area contributed by atoms with Crippen molar-refractivity contribution in [1.29, 1.82) is 0 Å². The van der Waals surface area contributed by atoms with Crippen molar-refractivity contribution < 1.29 is 34.8 Å². The zero-order valence-electron chi connectivity index (χ0n) is 7.58. The molecule has 15 heavy (non-hydrogen) atoms. The number of aliphatic hydroxyl groups is 1. The highest BCUT2D eigenvalue weighted by Gasteiger charge is 2.24. The van der Waals surface area contributed by atoms with Crippen LogP contribution in [0.25, 0.3) is 0 Å². The van der Waals surface area contributed by atoms with Crippen molar-refractivity contribution in [2.75, 3.05) is 0 Å². The van der Waals surface area contributed by atoms with E-state index in [4.69, 9.17) is 20.4 Å². The van der Waals surface area contributed by atoms with Crippen LogP contribution < -0.4 is 0 Å². The Balaban J connectivity index is 4.59. The third-order valence-electron chi connectivity index (χ3n) is 1.50. The Morgan fingerprint density at radius 3 is 2.00 bits per heavy atom. The van der Waals surface area contributed by atoms with Crippen LogP contribution in [0.2, 0.25) is 0 Å². The average molecular weight is 218 g/mol. The second kappa shape index (κ2) is 5.76. The molecule has 1 unspecified atom stereocenters. The molecular formula is C8H10O7. The molecule has 84 valence electrons. The lowest BCUT2D eigenvalue weighted by molar-refractivity contribution is -0.147. The summed E-state index contributed by atoms with van der Waals surface area (Å²) in [6, 6.07) is 0. The van der Waals surface area contributed by atoms with Crippen molar-refractivity contribution in [3.8, 4) is 0 Å². The van der Waals surface area contributed by atoms with Crippen molar-refractivity contribution >= 4 is 17.9 Å². The first-order valence-electron chi connectivity index (χ1n) is 3.92. The van der Waals surface area contributed by atoms with E-state index in [2.05, 4.69) is 0 Å². The summed E-state index contributed by atoms with van der Waals surface area (Å²) in [7, 11) is 0. The Morgan fingerprint density at radius 1 is 1.13 bits per heavy atom. The van der Waals surface area contributed by atoms with Gasteiger partial charge in [0.2, 0.25) is 0 Å². The van der Waals surface area contributed by atoms with Gasteiger partial charge in [0, 0.05) is 6.42 Å². The molecule has 7 nitrogen and oxygen atoms in total. The van der Waals surface area contributed by atoms with Gasteiger partial charge in [-0.3, -0.25) is 4.79 Å². The molecule has 0 saturated heterocycles. The van der Waals surface area contributed by atoms with Gasteiger partial charge in [-0.15, -0.1) is 0 Å². The lowest BCUT2D eigenvalue weighted by atomic mass is 10.1. The third kappa shape index (κ3) is 4.77. The fourth-order valence-electron chi connectivity index (χ4n) is 0.800. The van der Waals surface area contributed by atoms with E-state index in [0.29, 0.717) is 0 Å². The monoisotopic (exact) mass is 218 g/mol. The average Bonchev–Trinajstić information content (AvgIpc) is 2.10. The highest BCUT2D eigenvalue weighted by atomic mass is 16.4. The number of hydrogen-bond acceptors (Lipinski definition) is 4. The van der Waals surface area contributed by atoms with Crippen LogP contribution in [0.3, 0.4) is 0 Å². The number of allylic oxidation sites excluding steroid dienone is 1. The molecule has 1 atom stereocenters. The van der Waals surface area contributed by atoms with Crippen LogP contribution in [0.1, 0.15) is 12.8 Å². The van der Waals surface area contributed by atoms with Crippen LogP contribution >= 0.6 is 0 Å². The van der Waals surface area contributed by atoms with Gasteiger partial charge in [0.05, 0.1) is 5.57 Å². The number of rotatable bonds is 6. The number of carboxylic acids is 3. The lowest BCUT2D eigenvalue weighted by Gasteiger charge is -2.05. The number of carboxylic acid groups (broad SMARTS) is 3. The molecule has 0 aromatic heterocycles. The molecule has 0 spiro atoms. The predicted octanol–water partition coefficient (Wildman–Crippen LogP) is -0.692. The first-order valence-corrected chi connectivity index (χ1v) is 3.92. The standard InChI is InChI=1S/C8H10O7/c9-5(10)3-1-2-4(7(12)13)6(11)8(14)15/h2,6,11H,1,3H2,(H,9,10)(H,12,13)(H,14,15)/b4-2-. The summed E-state index contributed by atoms with van der Waals surface area (Å²) < 4.78 is 0. The summed E-state index contributed by atoms with van der Waals surface area (Å²) >= 11 is 0. The molecule has 0 heterocycles. The molecule has 4 N–H and O–H groups in total. The molecule has 0 amide bonds. The Bertz CT molecular complexity index is 304. The summed E-state index contributed by atoms with van der Waals surface area (Å²) in [4.78, 5) is 30.9. The van der Waals surface area contributed by atoms with Gasteiger partial charge in [-0.05, 0) is 6.42 Å². The SMILES string of the molecule is O=C(O)CC/C=C(\C(=O)O)C(O)C(=O)O. The molecule has 0 aliphatic heterocycles. The molecule has 0 rings (SSSR count). The van der Waals surface area contributed by atoms with Gasteiger partial charge >= 0.3 is 17.9 Å². The van der Waals surface area contributed by atoms with Crippen molar-refractivity contribution in [2.45, 2.75) is 18.9 Å². The molecule has 0 bridgehead atoms. The number of carbonyl (C=O) groups is 3. The molecule has 0 radical (unpaired) electrons. The number of aliphatic hydroxyl groups excluding tert-OH is 1. The summed E-state index contributed by atoms with van der Waals surface area (Å²) in [5.74, 6) is -4.42. The maximum Gasteiger partial charge on any atom is 0.337 e. The van der Waals surface area contributed by atoms with E-state index in [1.165, 1.54) is 0 Å². The van der Waals surface area contributed by atoms with Gasteiger partial charge in [-0.2, -0.15) is 0 Å². The maximum atomic E-state index is 10.5. The summed E-state index contributed by atoms with van der Waals surface area (Å²) in [6.07, 6.45) is -1.74. The zero-order valence-corrected chi connectivity index (χ0v) is 7.58. The van der Waals surface area contributed by atoms with Gasteiger partial charge < -0.3 is 20.4 Å². The Kier molecular flexibility index (Phi) is 5.03. The zero-order chi connectivity index (χ0) is 12.0. The van der Waals surface area contributed by atoms with Gasteiger partial charge in [0.25, 0.3) is 0 Å². The van der Waals surface area contributed by atoms with Crippen LogP contribution in [0.5, 0.6) is 0 Å². The molecular weight excluding hydrogens is 208 g/mol. The largest absolute Gasteiger partial charge is 0.481 e. The van der Waals surface area contributed by atoms with Gasteiger partial charge in [-0.25, -0.2) is 9.59 Å². The van der Waals surface area contributed by atoms with Crippen molar-refractivity contribution in [2.24, 2.45) is 0 Å². The highest BCUT2D eigenvalue weighted by Crippen LogP contribution is 2.06. The fraction of sp³-hybridized carbons (Fsp3) is 0.375. The molecule has 0 aliphatic carbocycles. The first-order chi connectivity index (χ1) is 6.86. The van der Waals surface area contributed by atoms with E-state index in [1.807, 2.05) is 0 Å². The van der Waals surface area contributed by atoms with Crippen molar-refractivity contribution in [3.63, 3.8) is 0 Å². The Morgan fingerprint density at radius 2 is 1.67 bits per heavy atom. The minimum absolute atomic E-state index is 0.151. The first kappa shape index (κ1) is 13.1. The van der Waals surface area contributed by atoms with Gasteiger partial charge in [0.1, 0.15) is 0 Å². The van der Waals surface area contributed by atoms with Crippen molar-refractivity contribution in [3.05, 3.63) is 11.6 Å². The number of aliphatic carboxylic acids is 3. The molecule has 0 fully saturated rings. The maximum absolute atomic E-state index is 10.5. The van der Waals surface area contributed by atoms with E-state index < -0.39 is 29.6 Å². The topological polar surface area (TPSA) is 132 Å². The van der Waals surface area contributed by atoms with Crippen molar-refractivity contribution in [1.82, 2.24) is 0 Å². The van der Waals surface area contributed by atoms with E-state index in [-0.39, 0.29) is 12.8 Å².